The summed E-state index contributed by atoms with van der Waals surface area (Å²) in [5.74, 6) is -2.09. The van der Waals surface area contributed by atoms with Gasteiger partial charge >= 0.3 is 5.97 Å². The maximum Gasteiger partial charge on any atom is 0.338 e. The molecule has 0 N–H and O–H groups in total. The first-order valence-electron chi connectivity index (χ1n) is 8.48. The number of ketones is 1. The van der Waals surface area contributed by atoms with Gasteiger partial charge in [-0.05, 0) is 53.9 Å². The molecule has 6 nitrogen and oxygen atoms in total. The van der Waals surface area contributed by atoms with E-state index in [4.69, 9.17) is 16.3 Å². The Labute approximate surface area is 174 Å². The van der Waals surface area contributed by atoms with E-state index in [-0.39, 0.29) is 22.5 Å². The van der Waals surface area contributed by atoms with E-state index in [9.17, 15) is 19.2 Å². The average molecular weight is 426 g/mol. The van der Waals surface area contributed by atoms with Crippen LogP contribution < -0.4 is 4.90 Å². The highest BCUT2D eigenvalue weighted by atomic mass is 35.5. The number of anilines is 1. The molecule has 0 aliphatic carbocycles. The normalized spacial score (nSPS) is 12.8. The second kappa shape index (κ2) is 7.62. The molecule has 0 radical (unpaired) electrons. The van der Waals surface area contributed by atoms with Crippen LogP contribution in [0.2, 0.25) is 5.02 Å². The van der Waals surface area contributed by atoms with E-state index in [0.29, 0.717) is 15.6 Å². The van der Waals surface area contributed by atoms with Gasteiger partial charge in [-0.1, -0.05) is 17.7 Å². The molecule has 2 amide bonds. The predicted molar refractivity (Wildman–Crippen MR) is 108 cm³/mol. The molecule has 0 atom stereocenters. The minimum atomic E-state index is -0.747. The molecule has 8 heteroatoms. The molecule has 4 rings (SSSR count). The number of carbonyl (C=O) groups excluding carboxylic acids is 4. The van der Waals surface area contributed by atoms with Crippen molar-refractivity contribution >= 4 is 52.2 Å². The summed E-state index contributed by atoms with van der Waals surface area (Å²) in [4.78, 5) is 51.2. The van der Waals surface area contributed by atoms with Crippen LogP contribution >= 0.6 is 22.9 Å². The third kappa shape index (κ3) is 3.57. The number of halogens is 1. The zero-order valence-electron chi connectivity index (χ0n) is 14.8. The fraction of sp³-hybridized carbons (Fsp3) is 0.0476. The summed E-state index contributed by atoms with van der Waals surface area (Å²) in [5.41, 5.74) is 0.758. The van der Waals surface area contributed by atoms with Crippen molar-refractivity contribution in [1.29, 1.82) is 0 Å². The smallest absolute Gasteiger partial charge is 0.338 e. The number of amides is 2. The molecule has 0 unspecified atom stereocenters. The Hall–Kier alpha value is -3.29. The van der Waals surface area contributed by atoms with E-state index in [1.54, 1.807) is 41.8 Å². The number of Topliss-reactive ketones (excluding diaryl/α,β-unsaturated/α-hetero) is 1. The molecule has 1 aliphatic rings. The van der Waals surface area contributed by atoms with Gasteiger partial charge in [-0.2, -0.15) is 0 Å². The summed E-state index contributed by atoms with van der Waals surface area (Å²) in [7, 11) is 0. The highest BCUT2D eigenvalue weighted by Crippen LogP contribution is 2.30. The van der Waals surface area contributed by atoms with Crippen LogP contribution in [0.3, 0.4) is 0 Å². The van der Waals surface area contributed by atoms with Crippen LogP contribution in [0.1, 0.15) is 40.7 Å². The number of ether oxygens (including phenoxy) is 1. The lowest BCUT2D eigenvalue weighted by atomic mass is 10.1. The Morgan fingerprint density at radius 3 is 2.38 bits per heavy atom. The van der Waals surface area contributed by atoms with Gasteiger partial charge in [0.25, 0.3) is 11.8 Å². The predicted octanol–water partition coefficient (Wildman–Crippen LogP) is 4.24. The molecule has 0 fully saturated rings. The van der Waals surface area contributed by atoms with Gasteiger partial charge in [0.05, 0.1) is 27.3 Å². The van der Waals surface area contributed by atoms with Gasteiger partial charge in [-0.15, -0.1) is 11.3 Å². The maximum atomic E-state index is 12.8. The van der Waals surface area contributed by atoms with Crippen LogP contribution in [0.15, 0.2) is 60.0 Å². The number of imide groups is 1. The number of carbonyl (C=O) groups is 4. The number of rotatable bonds is 5. The van der Waals surface area contributed by atoms with E-state index in [1.165, 1.54) is 29.5 Å². The molecule has 0 bridgehead atoms. The molecular weight excluding hydrogens is 414 g/mol. The van der Waals surface area contributed by atoms with Crippen molar-refractivity contribution in [3.8, 4) is 0 Å². The van der Waals surface area contributed by atoms with Crippen LogP contribution in [-0.2, 0) is 4.74 Å². The van der Waals surface area contributed by atoms with E-state index < -0.39 is 24.4 Å². The number of hydrogen-bond acceptors (Lipinski definition) is 6. The summed E-state index contributed by atoms with van der Waals surface area (Å²) in [5, 5.41) is 2.23. The second-order valence-electron chi connectivity index (χ2n) is 6.16. The Balaban J connectivity index is 1.53. The standard InChI is InChI=1S/C21H12ClNO5S/c22-13-4-6-14(7-5-13)23-19(25)15-8-3-12(10-16(15)20(23)26)21(27)28-11-17(24)18-2-1-9-29-18/h1-10H,11H2. The minimum Gasteiger partial charge on any atom is -0.454 e. The number of esters is 1. The van der Waals surface area contributed by atoms with Crippen molar-refractivity contribution in [2.45, 2.75) is 0 Å². The summed E-state index contributed by atoms with van der Waals surface area (Å²) >= 11 is 7.11. The zero-order chi connectivity index (χ0) is 20.5. The molecule has 2 aromatic carbocycles. The Kier molecular flexibility index (Phi) is 5.00. The van der Waals surface area contributed by atoms with Crippen molar-refractivity contribution in [1.82, 2.24) is 0 Å². The zero-order valence-corrected chi connectivity index (χ0v) is 16.3. The molecule has 1 aliphatic heterocycles. The van der Waals surface area contributed by atoms with Gasteiger partial charge in [0.1, 0.15) is 0 Å². The van der Waals surface area contributed by atoms with Crippen molar-refractivity contribution in [2.75, 3.05) is 11.5 Å². The summed E-state index contributed by atoms with van der Waals surface area (Å²) in [6.07, 6.45) is 0. The molecular formula is C21H12ClNO5S. The lowest BCUT2D eigenvalue weighted by Gasteiger charge is -2.13. The van der Waals surface area contributed by atoms with Crippen molar-refractivity contribution in [3.05, 3.63) is 86.6 Å². The SMILES string of the molecule is O=C(OCC(=O)c1cccs1)c1ccc2c(c1)C(=O)N(c1ccc(Cl)cc1)C2=O. The third-order valence-corrected chi connectivity index (χ3v) is 5.50. The second-order valence-corrected chi connectivity index (χ2v) is 7.54. The van der Waals surface area contributed by atoms with Gasteiger partial charge in [-0.3, -0.25) is 14.4 Å². The number of benzene rings is 2. The monoisotopic (exact) mass is 425 g/mol. The molecule has 2 heterocycles. The van der Waals surface area contributed by atoms with Gasteiger partial charge in [0.15, 0.2) is 6.61 Å². The van der Waals surface area contributed by atoms with Crippen LogP contribution in [0.25, 0.3) is 0 Å². The molecule has 0 saturated heterocycles. The first kappa shape index (κ1) is 19.0. The van der Waals surface area contributed by atoms with E-state index in [1.807, 2.05) is 0 Å². The largest absolute Gasteiger partial charge is 0.454 e. The Morgan fingerprint density at radius 1 is 0.966 bits per heavy atom. The highest BCUT2D eigenvalue weighted by Gasteiger charge is 2.37. The topological polar surface area (TPSA) is 80.8 Å². The van der Waals surface area contributed by atoms with Crippen molar-refractivity contribution < 1.29 is 23.9 Å². The molecule has 29 heavy (non-hydrogen) atoms. The first-order chi connectivity index (χ1) is 14.0. The molecule has 1 aromatic heterocycles. The van der Waals surface area contributed by atoms with Crippen molar-refractivity contribution in [3.63, 3.8) is 0 Å². The van der Waals surface area contributed by atoms with Crippen LogP contribution in [0, 0.1) is 0 Å². The molecule has 3 aromatic rings. The minimum absolute atomic E-state index is 0.0850. The van der Waals surface area contributed by atoms with E-state index in [0.717, 1.165) is 4.90 Å². The fourth-order valence-electron chi connectivity index (χ4n) is 2.92. The highest BCUT2D eigenvalue weighted by molar-refractivity contribution is 7.12. The maximum absolute atomic E-state index is 12.8. The van der Waals surface area contributed by atoms with Crippen LogP contribution in [0.5, 0.6) is 0 Å². The average Bonchev–Trinajstić information content (AvgIpc) is 3.35. The van der Waals surface area contributed by atoms with Gasteiger partial charge in [0, 0.05) is 5.02 Å². The molecule has 0 spiro atoms. The van der Waals surface area contributed by atoms with Gasteiger partial charge < -0.3 is 4.74 Å². The quantitative estimate of drug-likeness (QED) is 0.347. The van der Waals surface area contributed by atoms with Crippen LogP contribution in [0.4, 0.5) is 5.69 Å². The van der Waals surface area contributed by atoms with Crippen LogP contribution in [-0.4, -0.2) is 30.2 Å². The van der Waals surface area contributed by atoms with Gasteiger partial charge in [-0.25, -0.2) is 9.69 Å². The Morgan fingerprint density at radius 2 is 1.69 bits per heavy atom. The van der Waals surface area contributed by atoms with Crippen molar-refractivity contribution in [2.24, 2.45) is 0 Å². The summed E-state index contributed by atoms with van der Waals surface area (Å²) in [6.45, 7) is -0.403. The number of nitrogens with zero attached hydrogens (tertiary/aromatic N) is 1. The van der Waals surface area contributed by atoms with Gasteiger partial charge in [0.2, 0.25) is 5.78 Å². The van der Waals surface area contributed by atoms with E-state index in [2.05, 4.69) is 0 Å². The summed E-state index contributed by atoms with van der Waals surface area (Å²) < 4.78 is 5.05. The number of thiophene rings is 1. The Bertz CT molecular complexity index is 1140. The lowest BCUT2D eigenvalue weighted by Crippen LogP contribution is -2.29. The lowest BCUT2D eigenvalue weighted by molar-refractivity contribution is 0.0475. The fourth-order valence-corrected chi connectivity index (χ4v) is 3.69. The molecule has 0 saturated carbocycles. The number of fused-ring (bicyclic) bond motifs is 1. The first-order valence-corrected chi connectivity index (χ1v) is 9.73. The third-order valence-electron chi connectivity index (χ3n) is 4.34. The molecule has 144 valence electrons. The number of hydrogen-bond donors (Lipinski definition) is 0. The van der Waals surface area contributed by atoms with E-state index >= 15 is 0 Å². The summed E-state index contributed by atoms with van der Waals surface area (Å²) in [6, 6.07) is 13.8.